The molecule has 2 heterocycles. The van der Waals surface area contributed by atoms with E-state index in [1.54, 1.807) is 24.3 Å². The number of rotatable bonds is 6. The molecule has 3 aliphatic rings. The van der Waals surface area contributed by atoms with E-state index < -0.39 is 73.1 Å². The van der Waals surface area contributed by atoms with Crippen molar-refractivity contribution in [1.29, 1.82) is 0 Å². The van der Waals surface area contributed by atoms with Crippen molar-refractivity contribution in [2.24, 2.45) is 0 Å². The Bertz CT molecular complexity index is 1180. The van der Waals surface area contributed by atoms with Crippen LogP contribution in [0.5, 0.6) is 0 Å². The Morgan fingerprint density at radius 1 is 0.649 bits per heavy atom. The van der Waals surface area contributed by atoms with Crippen molar-refractivity contribution in [2.45, 2.75) is 30.8 Å². The van der Waals surface area contributed by atoms with Crippen molar-refractivity contribution >= 4 is 35.6 Å². The zero-order valence-corrected chi connectivity index (χ0v) is 19.1. The molecule has 2 aromatic rings. The second-order valence-electron chi connectivity index (χ2n) is 8.76. The Morgan fingerprint density at radius 3 is 1.24 bits per heavy atom. The quantitative estimate of drug-likeness (QED) is 0.384. The predicted octanol–water partition coefficient (Wildman–Crippen LogP) is -0.472. The van der Waals surface area contributed by atoms with E-state index in [9.17, 15) is 39.0 Å². The molecule has 0 aromatic heterocycles. The van der Waals surface area contributed by atoms with E-state index in [1.165, 1.54) is 24.3 Å². The van der Waals surface area contributed by atoms with Gasteiger partial charge in [0.05, 0.1) is 22.3 Å². The van der Waals surface area contributed by atoms with E-state index in [0.717, 1.165) is 0 Å². The first kappa shape index (κ1) is 24.3. The molecule has 37 heavy (non-hydrogen) atoms. The van der Waals surface area contributed by atoms with Gasteiger partial charge in [0, 0.05) is 6.42 Å². The molecule has 0 bridgehead atoms. The van der Waals surface area contributed by atoms with Crippen LogP contribution >= 0.6 is 0 Å². The summed E-state index contributed by atoms with van der Waals surface area (Å²) in [6, 6.07) is 12.2. The lowest BCUT2D eigenvalue weighted by atomic mass is 10.1. The van der Waals surface area contributed by atoms with Crippen LogP contribution in [0.2, 0.25) is 0 Å². The number of hydrogen-bond acceptors (Lipinski definition) is 10. The number of fused-ring (bicyclic) bond motifs is 2. The van der Waals surface area contributed by atoms with Gasteiger partial charge in [-0.3, -0.25) is 38.6 Å². The smallest absolute Gasteiger partial charge is 0.326 e. The van der Waals surface area contributed by atoms with Crippen LogP contribution in [0.25, 0.3) is 0 Å². The van der Waals surface area contributed by atoms with E-state index in [-0.39, 0.29) is 28.7 Å². The second-order valence-corrected chi connectivity index (χ2v) is 8.76. The number of carbonyl (C=O) groups is 6. The third kappa shape index (κ3) is 4.15. The molecule has 2 unspecified atom stereocenters. The van der Waals surface area contributed by atoms with E-state index in [4.69, 9.17) is 9.47 Å². The van der Waals surface area contributed by atoms with Gasteiger partial charge in [0.1, 0.15) is 37.5 Å². The molecule has 0 radical (unpaired) electrons. The standard InChI is InChI=1S/C25H20N2O10/c28-18(10-26-22(32)12-5-1-2-6-13(12)23(26)33)36-16-9-17(21(31)20(16)30)37-19(29)11-27-24(34)14-7-3-4-8-15(14)25(27)35/h1-8,16-17,20-21,30-31H,9-11H2/t16?,17?,20-,21+. The Balaban J connectivity index is 1.16. The molecule has 2 aromatic carbocycles. The van der Waals surface area contributed by atoms with Gasteiger partial charge in [0.25, 0.3) is 23.6 Å². The highest BCUT2D eigenvalue weighted by Crippen LogP contribution is 2.28. The molecule has 1 saturated carbocycles. The minimum absolute atomic E-state index is 0.154. The van der Waals surface area contributed by atoms with Gasteiger partial charge in [-0.15, -0.1) is 0 Å². The fourth-order valence-electron chi connectivity index (χ4n) is 4.62. The minimum atomic E-state index is -1.62. The molecule has 0 saturated heterocycles. The van der Waals surface area contributed by atoms with Gasteiger partial charge < -0.3 is 19.7 Å². The molecular weight excluding hydrogens is 488 g/mol. The second kappa shape index (κ2) is 9.22. The van der Waals surface area contributed by atoms with Gasteiger partial charge in [-0.1, -0.05) is 24.3 Å². The zero-order valence-electron chi connectivity index (χ0n) is 19.1. The summed E-state index contributed by atoms with van der Waals surface area (Å²) >= 11 is 0. The van der Waals surface area contributed by atoms with Crippen LogP contribution in [0.4, 0.5) is 0 Å². The Kier molecular flexibility index (Phi) is 6.05. The summed E-state index contributed by atoms with van der Waals surface area (Å²) in [5.74, 6) is -4.67. The molecule has 12 nitrogen and oxygen atoms in total. The Hall–Kier alpha value is -4.42. The van der Waals surface area contributed by atoms with Crippen molar-refractivity contribution in [3.63, 3.8) is 0 Å². The average molecular weight is 508 g/mol. The number of nitrogens with zero attached hydrogens (tertiary/aromatic N) is 2. The van der Waals surface area contributed by atoms with Crippen molar-refractivity contribution in [3.8, 4) is 0 Å². The van der Waals surface area contributed by atoms with Crippen LogP contribution in [-0.4, -0.2) is 93.1 Å². The minimum Gasteiger partial charge on any atom is -0.458 e. The molecule has 2 N–H and O–H groups in total. The highest BCUT2D eigenvalue weighted by Gasteiger charge is 2.47. The van der Waals surface area contributed by atoms with E-state index in [2.05, 4.69) is 0 Å². The van der Waals surface area contributed by atoms with Gasteiger partial charge in [-0.05, 0) is 24.3 Å². The lowest BCUT2D eigenvalue weighted by molar-refractivity contribution is -0.156. The third-order valence-corrected chi connectivity index (χ3v) is 6.47. The van der Waals surface area contributed by atoms with E-state index >= 15 is 0 Å². The van der Waals surface area contributed by atoms with Crippen molar-refractivity contribution in [2.75, 3.05) is 13.1 Å². The van der Waals surface area contributed by atoms with Crippen molar-refractivity contribution in [3.05, 3.63) is 70.8 Å². The van der Waals surface area contributed by atoms with Gasteiger partial charge in [-0.2, -0.15) is 0 Å². The fourth-order valence-corrected chi connectivity index (χ4v) is 4.62. The van der Waals surface area contributed by atoms with Gasteiger partial charge in [-0.25, -0.2) is 0 Å². The summed E-state index contributed by atoms with van der Waals surface area (Å²) in [6.45, 7) is -1.42. The SMILES string of the molecule is O=C(CN1C(=O)c2ccccc2C1=O)OC1CC(OC(=O)CN2C(=O)c3ccccc3C2=O)[C@H](O)[C@@H]1O. The molecule has 5 rings (SSSR count). The topological polar surface area (TPSA) is 168 Å². The number of carbonyl (C=O) groups excluding carboxylic acids is 6. The lowest BCUT2D eigenvalue weighted by Gasteiger charge is -2.19. The van der Waals surface area contributed by atoms with E-state index in [1.807, 2.05) is 0 Å². The van der Waals surface area contributed by atoms with Crippen LogP contribution in [-0.2, 0) is 19.1 Å². The normalized spacial score (nSPS) is 24.4. The number of amides is 4. The molecule has 4 atom stereocenters. The largest absolute Gasteiger partial charge is 0.458 e. The number of aliphatic hydroxyl groups is 2. The number of ether oxygens (including phenoxy) is 2. The highest BCUT2D eigenvalue weighted by atomic mass is 16.6. The number of imide groups is 2. The summed E-state index contributed by atoms with van der Waals surface area (Å²) in [7, 11) is 0. The third-order valence-electron chi connectivity index (χ3n) is 6.47. The fraction of sp³-hybridized carbons (Fsp3) is 0.280. The number of esters is 2. The molecule has 0 spiro atoms. The Morgan fingerprint density at radius 2 is 0.946 bits per heavy atom. The lowest BCUT2D eigenvalue weighted by Crippen LogP contribution is -2.40. The Labute approximate surface area is 209 Å². The maximum atomic E-state index is 12.4. The van der Waals surface area contributed by atoms with Gasteiger partial charge in [0.15, 0.2) is 0 Å². The molecule has 1 fully saturated rings. The monoisotopic (exact) mass is 508 g/mol. The van der Waals surface area contributed by atoms with Crippen LogP contribution in [0.3, 0.4) is 0 Å². The first-order chi connectivity index (χ1) is 17.7. The molecule has 4 amide bonds. The zero-order chi connectivity index (χ0) is 26.4. The summed E-state index contributed by atoms with van der Waals surface area (Å²) in [5.41, 5.74) is 0.617. The highest BCUT2D eigenvalue weighted by molar-refractivity contribution is 6.23. The van der Waals surface area contributed by atoms with Gasteiger partial charge in [0.2, 0.25) is 0 Å². The van der Waals surface area contributed by atoms with Crippen LogP contribution in [0, 0.1) is 0 Å². The molecule has 12 heteroatoms. The number of aliphatic hydroxyl groups excluding tert-OH is 2. The summed E-state index contributed by atoms with van der Waals surface area (Å²) in [6.07, 6.45) is -6.12. The summed E-state index contributed by atoms with van der Waals surface area (Å²) in [4.78, 5) is 76.0. The first-order valence-corrected chi connectivity index (χ1v) is 11.3. The molecule has 2 aliphatic heterocycles. The molecule has 190 valence electrons. The molecular formula is C25H20N2O10. The molecule has 1 aliphatic carbocycles. The maximum Gasteiger partial charge on any atom is 0.326 e. The van der Waals surface area contributed by atoms with E-state index in [0.29, 0.717) is 9.80 Å². The number of benzene rings is 2. The predicted molar refractivity (Wildman–Crippen MR) is 120 cm³/mol. The van der Waals surface area contributed by atoms with Gasteiger partial charge >= 0.3 is 11.9 Å². The maximum absolute atomic E-state index is 12.4. The van der Waals surface area contributed by atoms with Crippen molar-refractivity contribution in [1.82, 2.24) is 9.80 Å². The van der Waals surface area contributed by atoms with Crippen LogP contribution in [0.15, 0.2) is 48.5 Å². The van der Waals surface area contributed by atoms with Crippen LogP contribution < -0.4 is 0 Å². The van der Waals surface area contributed by atoms with Crippen molar-refractivity contribution < 1.29 is 48.5 Å². The summed E-state index contributed by atoms with van der Waals surface area (Å²) in [5, 5.41) is 20.6. The van der Waals surface area contributed by atoms with Crippen LogP contribution in [0.1, 0.15) is 47.9 Å². The average Bonchev–Trinajstić information content (AvgIpc) is 3.39. The first-order valence-electron chi connectivity index (χ1n) is 11.3. The summed E-state index contributed by atoms with van der Waals surface area (Å²) < 4.78 is 10.3. The number of hydrogen-bond donors (Lipinski definition) is 2.